The van der Waals surface area contributed by atoms with Gasteiger partial charge in [-0.25, -0.2) is 4.79 Å². The largest absolute Gasteiger partial charge is 0.573 e. The average molecular weight is 592 g/mol. The lowest BCUT2D eigenvalue weighted by atomic mass is 9.83. The zero-order valence-electron chi connectivity index (χ0n) is 22.7. The molecule has 7 nitrogen and oxygen atoms in total. The third-order valence-electron chi connectivity index (χ3n) is 7.57. The van der Waals surface area contributed by atoms with Gasteiger partial charge in [0, 0.05) is 18.5 Å². The van der Waals surface area contributed by atoms with Gasteiger partial charge in [-0.1, -0.05) is 97.1 Å². The van der Waals surface area contributed by atoms with Gasteiger partial charge in [-0.15, -0.1) is 13.2 Å². The number of benzene rings is 4. The fourth-order valence-corrected chi connectivity index (χ4v) is 5.59. The molecule has 4 aromatic carbocycles. The van der Waals surface area contributed by atoms with E-state index in [0.29, 0.717) is 16.7 Å². The number of aliphatic hydroxyl groups excluding tert-OH is 2. The second-order valence-corrected chi connectivity index (χ2v) is 10.2. The van der Waals surface area contributed by atoms with E-state index in [4.69, 9.17) is 0 Å². The Morgan fingerprint density at radius 1 is 0.767 bits per heavy atom. The van der Waals surface area contributed by atoms with Gasteiger partial charge in [-0.2, -0.15) is 0 Å². The molecule has 0 fully saturated rings. The van der Waals surface area contributed by atoms with Crippen molar-refractivity contribution in [2.75, 3.05) is 0 Å². The Labute approximate surface area is 245 Å². The number of aliphatic carboxylic acids is 1. The molecule has 3 unspecified atom stereocenters. The second kappa shape index (κ2) is 12.3. The van der Waals surface area contributed by atoms with E-state index in [-0.39, 0.29) is 23.2 Å². The van der Waals surface area contributed by atoms with Gasteiger partial charge in [0.25, 0.3) is 0 Å². The number of aliphatic hydroxyl groups is 2. The van der Waals surface area contributed by atoms with Crippen molar-refractivity contribution >= 4 is 11.9 Å². The summed E-state index contributed by atoms with van der Waals surface area (Å²) in [5, 5.41) is 32.4. The molecule has 0 radical (unpaired) electrons. The van der Waals surface area contributed by atoms with E-state index in [1.54, 1.807) is 78.9 Å². The smallest absolute Gasteiger partial charge is 0.480 e. The van der Waals surface area contributed by atoms with E-state index >= 15 is 0 Å². The first-order valence-electron chi connectivity index (χ1n) is 13.5. The first-order chi connectivity index (χ1) is 20.5. The number of carbonyl (C=O) groups excluding carboxylic acids is 1. The van der Waals surface area contributed by atoms with Crippen LogP contribution in [-0.2, 0) is 22.6 Å². The maximum absolute atomic E-state index is 14.2. The summed E-state index contributed by atoms with van der Waals surface area (Å²) >= 11 is 0. The summed E-state index contributed by atoms with van der Waals surface area (Å²) in [7, 11) is 0. The van der Waals surface area contributed by atoms with E-state index in [0.717, 1.165) is 6.07 Å². The highest BCUT2D eigenvalue weighted by atomic mass is 19.4. The number of alkyl halides is 3. The van der Waals surface area contributed by atoms with Gasteiger partial charge in [-0.05, 0) is 33.9 Å². The van der Waals surface area contributed by atoms with Crippen LogP contribution in [0.4, 0.5) is 13.2 Å². The molecule has 0 aromatic heterocycles. The van der Waals surface area contributed by atoms with Crippen LogP contribution in [0.5, 0.6) is 5.75 Å². The molecule has 0 spiro atoms. The van der Waals surface area contributed by atoms with Crippen LogP contribution in [-0.4, -0.2) is 44.5 Å². The quantitative estimate of drug-likeness (QED) is 0.249. The minimum atomic E-state index is -5.12. The monoisotopic (exact) mass is 591 g/mol. The number of carboxylic acids is 1. The Morgan fingerprint density at radius 3 is 1.77 bits per heavy atom. The summed E-state index contributed by atoms with van der Waals surface area (Å²) < 4.78 is 44.5. The first-order valence-corrected chi connectivity index (χ1v) is 13.5. The van der Waals surface area contributed by atoms with Crippen molar-refractivity contribution in [2.24, 2.45) is 0 Å². The average Bonchev–Trinajstić information content (AvgIpc) is 3.00. The number of nitrogens with zero attached hydrogens (tertiary/aromatic N) is 1. The topological polar surface area (TPSA) is 107 Å². The van der Waals surface area contributed by atoms with Gasteiger partial charge in [0.15, 0.2) is 0 Å². The standard InChI is InChI=1S/C33H28F3NO6/c34-33(35,36)43-26-17-16-23-19-37(31(40)27(20-10-4-1-5-11-20)21-12-6-2-7-13-21)25(32(41)42)18-24(23)28(26)30(39)29(38)22-14-8-3-9-15-22/h1-17,25,27,29-30,38-39H,18-19H2,(H,41,42). The summed E-state index contributed by atoms with van der Waals surface area (Å²) in [4.78, 5) is 28.0. The van der Waals surface area contributed by atoms with Crippen LogP contribution in [0, 0.1) is 0 Å². The number of hydrogen-bond donors (Lipinski definition) is 3. The fraction of sp³-hybridized carbons (Fsp3) is 0.212. The number of fused-ring (bicyclic) bond motifs is 1. The van der Waals surface area contributed by atoms with Crippen LogP contribution in [0.2, 0.25) is 0 Å². The van der Waals surface area contributed by atoms with Crippen molar-refractivity contribution < 1.29 is 42.8 Å². The lowest BCUT2D eigenvalue weighted by molar-refractivity contribution is -0.275. The van der Waals surface area contributed by atoms with Gasteiger partial charge in [-0.3, -0.25) is 4.79 Å². The molecule has 1 aliphatic heterocycles. The van der Waals surface area contributed by atoms with Crippen LogP contribution >= 0.6 is 0 Å². The lowest BCUT2D eigenvalue weighted by Gasteiger charge is -2.38. The second-order valence-electron chi connectivity index (χ2n) is 10.2. The van der Waals surface area contributed by atoms with Crippen molar-refractivity contribution in [3.63, 3.8) is 0 Å². The number of rotatable bonds is 8. The molecular weight excluding hydrogens is 563 g/mol. The Hall–Kier alpha value is -4.67. The van der Waals surface area contributed by atoms with Crippen molar-refractivity contribution in [1.82, 2.24) is 4.90 Å². The van der Waals surface area contributed by atoms with E-state index in [2.05, 4.69) is 4.74 Å². The molecule has 222 valence electrons. The Bertz CT molecular complexity index is 1540. The molecule has 1 heterocycles. The number of carbonyl (C=O) groups is 2. The maximum atomic E-state index is 14.2. The predicted molar refractivity (Wildman–Crippen MR) is 150 cm³/mol. The van der Waals surface area contributed by atoms with Gasteiger partial charge in [0.1, 0.15) is 24.0 Å². The third kappa shape index (κ3) is 6.40. The highest BCUT2D eigenvalue weighted by molar-refractivity contribution is 5.91. The van der Waals surface area contributed by atoms with Crippen LogP contribution in [0.1, 0.15) is 51.5 Å². The van der Waals surface area contributed by atoms with Crippen molar-refractivity contribution in [2.45, 2.75) is 43.5 Å². The van der Waals surface area contributed by atoms with Crippen molar-refractivity contribution in [3.8, 4) is 5.75 Å². The number of amides is 1. The van der Waals surface area contributed by atoms with Crippen LogP contribution in [0.3, 0.4) is 0 Å². The maximum Gasteiger partial charge on any atom is 0.573 e. The van der Waals surface area contributed by atoms with Crippen molar-refractivity contribution in [1.29, 1.82) is 0 Å². The Kier molecular flexibility index (Phi) is 8.52. The zero-order chi connectivity index (χ0) is 30.7. The number of hydrogen-bond acceptors (Lipinski definition) is 5. The molecule has 10 heteroatoms. The van der Waals surface area contributed by atoms with Gasteiger partial charge in [0.05, 0.1) is 5.92 Å². The van der Waals surface area contributed by atoms with E-state index in [9.17, 15) is 38.1 Å². The van der Waals surface area contributed by atoms with E-state index < -0.39 is 54.6 Å². The molecule has 0 aliphatic carbocycles. The molecule has 4 aromatic rings. The highest BCUT2D eigenvalue weighted by Crippen LogP contribution is 2.43. The van der Waals surface area contributed by atoms with Crippen LogP contribution < -0.4 is 4.74 Å². The molecular formula is C33H28F3NO6. The number of halogens is 3. The van der Waals surface area contributed by atoms with Crippen LogP contribution in [0.15, 0.2) is 103 Å². The summed E-state index contributed by atoms with van der Waals surface area (Å²) in [5.41, 5.74) is 1.54. The molecule has 43 heavy (non-hydrogen) atoms. The molecule has 5 rings (SSSR count). The summed E-state index contributed by atoms with van der Waals surface area (Å²) in [6, 6.07) is 26.5. The molecule has 0 saturated carbocycles. The molecule has 0 saturated heterocycles. The van der Waals surface area contributed by atoms with Gasteiger partial charge >= 0.3 is 12.3 Å². The Morgan fingerprint density at radius 2 is 1.28 bits per heavy atom. The van der Waals surface area contributed by atoms with Gasteiger partial charge < -0.3 is 25.0 Å². The Balaban J connectivity index is 1.60. The normalized spacial score (nSPS) is 16.3. The summed E-state index contributed by atoms with van der Waals surface area (Å²) in [6.07, 6.45) is -9.09. The van der Waals surface area contributed by atoms with Crippen molar-refractivity contribution in [3.05, 3.63) is 137 Å². The molecule has 1 aliphatic rings. The highest BCUT2D eigenvalue weighted by Gasteiger charge is 2.42. The molecule has 0 bridgehead atoms. The number of ether oxygens (including phenoxy) is 1. The third-order valence-corrected chi connectivity index (χ3v) is 7.57. The van der Waals surface area contributed by atoms with Crippen LogP contribution in [0.25, 0.3) is 0 Å². The lowest BCUT2D eigenvalue weighted by Crippen LogP contribution is -2.50. The predicted octanol–water partition coefficient (Wildman–Crippen LogP) is 5.52. The first kappa shape index (κ1) is 29.8. The minimum Gasteiger partial charge on any atom is -0.480 e. The van der Waals surface area contributed by atoms with Gasteiger partial charge in [0.2, 0.25) is 5.91 Å². The molecule has 3 N–H and O–H groups in total. The number of carboxylic acid groups (broad SMARTS) is 1. The minimum absolute atomic E-state index is 0.0663. The summed E-state index contributed by atoms with van der Waals surface area (Å²) in [5.74, 6) is -3.48. The van der Waals surface area contributed by atoms with E-state index in [1.807, 2.05) is 0 Å². The SMILES string of the molecule is O=C(O)C1Cc2c(ccc(OC(F)(F)F)c2C(O)C(O)c2ccccc2)CN1C(=O)C(c1ccccc1)c1ccccc1. The van der Waals surface area contributed by atoms with E-state index in [1.165, 1.54) is 23.1 Å². The molecule has 3 atom stereocenters. The molecule has 1 amide bonds. The summed E-state index contributed by atoms with van der Waals surface area (Å²) in [6.45, 7) is -0.255. The zero-order valence-corrected chi connectivity index (χ0v) is 22.7. The fourth-order valence-electron chi connectivity index (χ4n) is 5.59.